The predicted molar refractivity (Wildman–Crippen MR) is 92.8 cm³/mol. The first-order valence-corrected chi connectivity index (χ1v) is 7.73. The van der Waals surface area contributed by atoms with Gasteiger partial charge in [-0.2, -0.15) is 0 Å². The van der Waals surface area contributed by atoms with Crippen molar-refractivity contribution in [2.45, 2.75) is 18.9 Å². The van der Waals surface area contributed by atoms with Crippen LogP contribution in [0.1, 0.15) is 18.1 Å². The molecule has 3 N–H and O–H groups in total. The van der Waals surface area contributed by atoms with Gasteiger partial charge in [-0.1, -0.05) is 35.9 Å². The number of rotatable bonds is 6. The Bertz CT molecular complexity index is 763. The van der Waals surface area contributed by atoms with Crippen molar-refractivity contribution in [2.24, 2.45) is 5.73 Å². The summed E-state index contributed by atoms with van der Waals surface area (Å²) in [5.74, 6) is -0.332. The lowest BCUT2D eigenvalue weighted by Crippen LogP contribution is -2.53. The van der Waals surface area contributed by atoms with Crippen LogP contribution in [0.2, 0.25) is 5.02 Å². The minimum atomic E-state index is -1.35. The number of hydrogen-bond donors (Lipinski definition) is 2. The molecule has 0 heterocycles. The van der Waals surface area contributed by atoms with E-state index in [0.29, 0.717) is 16.3 Å². The minimum Gasteiger partial charge on any atom is -0.497 e. The van der Waals surface area contributed by atoms with Gasteiger partial charge in [0.25, 0.3) is 0 Å². The topological polar surface area (TPSA) is 81.4 Å². The maximum atomic E-state index is 12.4. The van der Waals surface area contributed by atoms with E-state index in [1.807, 2.05) is 6.07 Å². The Hall–Kier alpha value is -2.53. The number of hydrogen-bond acceptors (Lipinski definition) is 3. The van der Waals surface area contributed by atoms with Gasteiger partial charge in [0, 0.05) is 5.02 Å². The molecule has 0 aromatic heterocycles. The van der Waals surface area contributed by atoms with E-state index in [9.17, 15) is 9.59 Å². The fourth-order valence-corrected chi connectivity index (χ4v) is 2.56. The van der Waals surface area contributed by atoms with Gasteiger partial charge in [0.2, 0.25) is 11.8 Å². The molecule has 0 bridgehead atoms. The van der Waals surface area contributed by atoms with E-state index < -0.39 is 11.4 Å². The molecule has 0 aliphatic heterocycles. The molecule has 2 aromatic carbocycles. The second-order valence-corrected chi connectivity index (χ2v) is 6.01. The van der Waals surface area contributed by atoms with Crippen LogP contribution in [-0.4, -0.2) is 18.9 Å². The normalized spacial score (nSPS) is 13.0. The number of amides is 2. The molecule has 5 nitrogen and oxygen atoms in total. The Morgan fingerprint density at radius 1 is 1.21 bits per heavy atom. The Balaban J connectivity index is 2.21. The number of carbonyl (C=O) groups excluding carboxylic acids is 2. The number of nitrogens with one attached hydrogen (secondary N) is 1. The molecule has 24 heavy (non-hydrogen) atoms. The van der Waals surface area contributed by atoms with Gasteiger partial charge in [-0.15, -0.1) is 0 Å². The summed E-state index contributed by atoms with van der Waals surface area (Å²) >= 11 is 5.98. The highest BCUT2D eigenvalue weighted by molar-refractivity contribution is 6.30. The van der Waals surface area contributed by atoms with Crippen molar-refractivity contribution < 1.29 is 14.3 Å². The summed E-state index contributed by atoms with van der Waals surface area (Å²) in [5.41, 5.74) is 5.47. The van der Waals surface area contributed by atoms with Crippen LogP contribution in [0, 0.1) is 0 Å². The number of carbonyl (C=O) groups is 2. The van der Waals surface area contributed by atoms with Gasteiger partial charge in [0.1, 0.15) is 11.3 Å². The molecule has 6 heteroatoms. The second kappa shape index (κ2) is 7.36. The van der Waals surface area contributed by atoms with E-state index >= 15 is 0 Å². The summed E-state index contributed by atoms with van der Waals surface area (Å²) in [6.45, 7) is 1.56. The van der Waals surface area contributed by atoms with Gasteiger partial charge < -0.3 is 15.8 Å². The molecule has 0 aliphatic carbocycles. The highest BCUT2D eigenvalue weighted by Gasteiger charge is 2.35. The quantitative estimate of drug-likeness (QED) is 0.842. The fourth-order valence-electron chi connectivity index (χ4n) is 2.37. The molecule has 0 saturated heterocycles. The summed E-state index contributed by atoms with van der Waals surface area (Å²) < 4.78 is 5.14. The van der Waals surface area contributed by atoms with Gasteiger partial charge in [-0.3, -0.25) is 9.59 Å². The Labute approximate surface area is 145 Å². The predicted octanol–water partition coefficient (Wildman–Crippen LogP) is 2.41. The molecule has 2 rings (SSSR count). The van der Waals surface area contributed by atoms with Crippen LogP contribution in [0.3, 0.4) is 0 Å². The third-order valence-electron chi connectivity index (χ3n) is 3.78. The molecular weight excluding hydrogens is 328 g/mol. The molecule has 126 valence electrons. The zero-order chi connectivity index (χ0) is 17.7. The Kier molecular flexibility index (Phi) is 5.46. The monoisotopic (exact) mass is 346 g/mol. The first kappa shape index (κ1) is 17.8. The summed E-state index contributed by atoms with van der Waals surface area (Å²) in [5, 5.41) is 3.17. The smallest absolute Gasteiger partial charge is 0.247 e. The average molecular weight is 347 g/mol. The highest BCUT2D eigenvalue weighted by Crippen LogP contribution is 2.24. The van der Waals surface area contributed by atoms with E-state index in [1.54, 1.807) is 56.5 Å². The first-order chi connectivity index (χ1) is 11.3. The van der Waals surface area contributed by atoms with Crippen LogP contribution < -0.4 is 15.8 Å². The van der Waals surface area contributed by atoms with Gasteiger partial charge in [-0.25, -0.2) is 0 Å². The maximum Gasteiger partial charge on any atom is 0.247 e. The molecule has 2 aromatic rings. The van der Waals surface area contributed by atoms with Crippen molar-refractivity contribution in [3.05, 3.63) is 64.7 Å². The number of nitrogens with two attached hydrogens (primary N) is 1. The van der Waals surface area contributed by atoms with Crippen LogP contribution in [-0.2, 0) is 21.5 Å². The van der Waals surface area contributed by atoms with Gasteiger partial charge in [0.15, 0.2) is 0 Å². The fraction of sp³-hybridized carbons (Fsp3) is 0.222. The lowest BCUT2D eigenvalue weighted by Gasteiger charge is -2.28. The average Bonchev–Trinajstić information content (AvgIpc) is 2.54. The zero-order valence-corrected chi connectivity index (χ0v) is 14.3. The van der Waals surface area contributed by atoms with Crippen LogP contribution in [0.4, 0.5) is 0 Å². The van der Waals surface area contributed by atoms with Crippen molar-refractivity contribution in [1.82, 2.24) is 5.32 Å². The van der Waals surface area contributed by atoms with Crippen molar-refractivity contribution in [2.75, 3.05) is 7.11 Å². The molecule has 0 aliphatic rings. The largest absolute Gasteiger partial charge is 0.497 e. The van der Waals surface area contributed by atoms with Crippen molar-refractivity contribution in [3.63, 3.8) is 0 Å². The van der Waals surface area contributed by atoms with Crippen molar-refractivity contribution >= 4 is 23.4 Å². The molecule has 1 unspecified atom stereocenters. The van der Waals surface area contributed by atoms with Crippen molar-refractivity contribution in [1.29, 1.82) is 0 Å². The number of ether oxygens (including phenoxy) is 1. The second-order valence-electron chi connectivity index (χ2n) is 5.58. The minimum absolute atomic E-state index is 0.0979. The van der Waals surface area contributed by atoms with Gasteiger partial charge in [0.05, 0.1) is 13.5 Å². The molecule has 2 amide bonds. The third kappa shape index (κ3) is 4.06. The maximum absolute atomic E-state index is 12.4. The lowest BCUT2D eigenvalue weighted by molar-refractivity contribution is -0.131. The van der Waals surface area contributed by atoms with Crippen molar-refractivity contribution in [3.8, 4) is 5.75 Å². The Morgan fingerprint density at radius 3 is 2.54 bits per heavy atom. The number of benzene rings is 2. The SMILES string of the molecule is COc1cccc(CC(=O)NC(C)(C(N)=O)c2cccc(Cl)c2)c1. The molecule has 0 spiro atoms. The van der Waals surface area contributed by atoms with Crippen LogP contribution >= 0.6 is 11.6 Å². The summed E-state index contributed by atoms with van der Waals surface area (Å²) in [7, 11) is 1.56. The standard InChI is InChI=1S/C18H19ClN2O3/c1-18(17(20)23,13-6-4-7-14(19)11-13)21-16(22)10-12-5-3-8-15(9-12)24-2/h3-9,11H,10H2,1-2H3,(H2,20,23)(H,21,22). The molecule has 0 fully saturated rings. The number of methoxy groups -OCH3 is 1. The zero-order valence-electron chi connectivity index (χ0n) is 13.5. The van der Waals surface area contributed by atoms with Gasteiger partial charge in [-0.05, 0) is 42.3 Å². The lowest BCUT2D eigenvalue weighted by atomic mass is 9.91. The summed E-state index contributed by atoms with van der Waals surface area (Å²) in [4.78, 5) is 24.4. The summed E-state index contributed by atoms with van der Waals surface area (Å²) in [6, 6.07) is 13.9. The van der Waals surface area contributed by atoms with E-state index in [1.165, 1.54) is 0 Å². The van der Waals surface area contributed by atoms with Crippen LogP contribution in [0.25, 0.3) is 0 Å². The highest BCUT2D eigenvalue weighted by atomic mass is 35.5. The van der Waals surface area contributed by atoms with Gasteiger partial charge >= 0.3 is 0 Å². The number of halogens is 1. The summed E-state index contributed by atoms with van der Waals surface area (Å²) in [6.07, 6.45) is 0.0979. The molecule has 0 radical (unpaired) electrons. The molecule has 1 atom stereocenters. The van der Waals surface area contributed by atoms with Crippen LogP contribution in [0.5, 0.6) is 5.75 Å². The molecule has 0 saturated carbocycles. The van der Waals surface area contributed by atoms with E-state index in [4.69, 9.17) is 22.1 Å². The molecular formula is C18H19ClN2O3. The first-order valence-electron chi connectivity index (χ1n) is 7.35. The Morgan fingerprint density at radius 2 is 1.92 bits per heavy atom. The van der Waals surface area contributed by atoms with E-state index in [2.05, 4.69) is 5.32 Å². The van der Waals surface area contributed by atoms with E-state index in [0.717, 1.165) is 5.56 Å². The van der Waals surface area contributed by atoms with Crippen LogP contribution in [0.15, 0.2) is 48.5 Å². The third-order valence-corrected chi connectivity index (χ3v) is 4.02. The van der Waals surface area contributed by atoms with E-state index in [-0.39, 0.29) is 12.3 Å². The number of primary amides is 1.